The fourth-order valence-electron chi connectivity index (χ4n) is 1.92. The summed E-state index contributed by atoms with van der Waals surface area (Å²) >= 11 is 5.86. The molecule has 18 heavy (non-hydrogen) atoms. The zero-order valence-electron chi connectivity index (χ0n) is 11.2. The second-order valence-corrected chi connectivity index (χ2v) is 4.97. The fraction of sp³-hybridized carbons (Fsp3) is 0.533. The molecule has 1 aromatic carbocycles. The number of halogens is 1. The smallest absolute Gasteiger partial charge is 0.220 e. The van der Waals surface area contributed by atoms with E-state index in [4.69, 9.17) is 11.6 Å². The molecule has 0 heterocycles. The van der Waals surface area contributed by atoms with E-state index in [1.165, 1.54) is 0 Å². The number of carbonyl (C=O) groups excluding carboxylic acids is 1. The first-order valence-corrected chi connectivity index (χ1v) is 7.10. The predicted molar refractivity (Wildman–Crippen MR) is 76.8 cm³/mol. The van der Waals surface area contributed by atoms with Crippen molar-refractivity contribution in [3.63, 3.8) is 0 Å². The molecule has 1 rings (SSSR count). The maximum Gasteiger partial charge on any atom is 0.220 e. The summed E-state index contributed by atoms with van der Waals surface area (Å²) in [5, 5.41) is 3.80. The van der Waals surface area contributed by atoms with E-state index in [1.807, 2.05) is 24.3 Å². The van der Waals surface area contributed by atoms with Gasteiger partial charge in [0.25, 0.3) is 0 Å². The molecular weight excluding hydrogens is 246 g/mol. The van der Waals surface area contributed by atoms with E-state index >= 15 is 0 Å². The summed E-state index contributed by atoms with van der Waals surface area (Å²) < 4.78 is 0. The van der Waals surface area contributed by atoms with Crippen molar-refractivity contribution >= 4 is 17.5 Å². The topological polar surface area (TPSA) is 29.1 Å². The minimum atomic E-state index is 0.0939. The summed E-state index contributed by atoms with van der Waals surface area (Å²) in [6.45, 7) is 4.21. The van der Waals surface area contributed by atoms with Gasteiger partial charge in [0.2, 0.25) is 5.91 Å². The first-order chi connectivity index (χ1) is 8.67. The zero-order chi connectivity index (χ0) is 13.4. The molecule has 2 nitrogen and oxygen atoms in total. The summed E-state index contributed by atoms with van der Waals surface area (Å²) in [6.07, 6.45) is 4.74. The van der Waals surface area contributed by atoms with E-state index in [9.17, 15) is 4.79 Å². The Bertz CT molecular complexity index is 361. The molecule has 0 aliphatic carbocycles. The number of benzene rings is 1. The maximum atomic E-state index is 11.8. The lowest BCUT2D eigenvalue weighted by Gasteiger charge is -2.17. The lowest BCUT2D eigenvalue weighted by atomic mass is 10.0. The van der Waals surface area contributed by atoms with Gasteiger partial charge in [-0.2, -0.15) is 0 Å². The highest BCUT2D eigenvalue weighted by Crippen LogP contribution is 2.19. The van der Waals surface area contributed by atoms with Gasteiger partial charge in [-0.1, -0.05) is 50.4 Å². The van der Waals surface area contributed by atoms with Crippen molar-refractivity contribution in [1.82, 2.24) is 5.32 Å². The van der Waals surface area contributed by atoms with Crippen molar-refractivity contribution in [3.05, 3.63) is 34.9 Å². The lowest BCUT2D eigenvalue weighted by Crippen LogP contribution is -2.27. The van der Waals surface area contributed by atoms with Crippen LogP contribution in [0.1, 0.15) is 57.6 Å². The van der Waals surface area contributed by atoms with Crippen molar-refractivity contribution in [3.8, 4) is 0 Å². The molecule has 0 aliphatic heterocycles. The number of hydrogen-bond acceptors (Lipinski definition) is 1. The number of hydrogen-bond donors (Lipinski definition) is 1. The highest BCUT2D eigenvalue weighted by Gasteiger charge is 2.12. The van der Waals surface area contributed by atoms with Gasteiger partial charge in [0, 0.05) is 11.4 Å². The molecule has 0 spiro atoms. The van der Waals surface area contributed by atoms with Gasteiger partial charge in [0.05, 0.1) is 6.04 Å². The maximum absolute atomic E-state index is 11.8. The Morgan fingerprint density at radius 2 is 1.89 bits per heavy atom. The van der Waals surface area contributed by atoms with Gasteiger partial charge in [-0.05, 0) is 30.5 Å². The van der Waals surface area contributed by atoms with Crippen LogP contribution in [0.15, 0.2) is 24.3 Å². The molecule has 1 unspecified atom stereocenters. The first-order valence-electron chi connectivity index (χ1n) is 6.72. The Hall–Kier alpha value is -1.02. The average Bonchev–Trinajstić information content (AvgIpc) is 2.37. The van der Waals surface area contributed by atoms with Crippen molar-refractivity contribution in [2.45, 2.75) is 52.0 Å². The summed E-state index contributed by atoms with van der Waals surface area (Å²) in [7, 11) is 0. The molecular formula is C15H22ClNO. The summed E-state index contributed by atoms with van der Waals surface area (Å²) in [5.74, 6) is 0.144. The highest BCUT2D eigenvalue weighted by molar-refractivity contribution is 6.30. The number of nitrogens with one attached hydrogen (secondary N) is 1. The lowest BCUT2D eigenvalue weighted by molar-refractivity contribution is -0.122. The molecule has 1 aromatic rings. The predicted octanol–water partition coefficient (Wildman–Crippen LogP) is 4.49. The molecule has 0 saturated carbocycles. The van der Waals surface area contributed by atoms with Crippen LogP contribution in [0.5, 0.6) is 0 Å². The second kappa shape index (κ2) is 8.15. The third-order valence-electron chi connectivity index (χ3n) is 3.02. The number of amides is 1. The first kappa shape index (κ1) is 15.0. The largest absolute Gasteiger partial charge is 0.349 e. The Kier molecular flexibility index (Phi) is 6.81. The van der Waals surface area contributed by atoms with Gasteiger partial charge >= 0.3 is 0 Å². The van der Waals surface area contributed by atoms with Crippen molar-refractivity contribution in [2.75, 3.05) is 0 Å². The fourth-order valence-corrected chi connectivity index (χ4v) is 2.04. The van der Waals surface area contributed by atoms with Crippen LogP contribution in [-0.4, -0.2) is 5.91 Å². The molecule has 1 atom stereocenters. The normalized spacial score (nSPS) is 12.2. The van der Waals surface area contributed by atoms with E-state index in [0.29, 0.717) is 6.42 Å². The molecule has 0 aromatic heterocycles. The van der Waals surface area contributed by atoms with Gasteiger partial charge in [-0.25, -0.2) is 0 Å². The van der Waals surface area contributed by atoms with Gasteiger partial charge in [0.1, 0.15) is 0 Å². The summed E-state index contributed by atoms with van der Waals surface area (Å²) in [6, 6.07) is 7.77. The molecule has 0 fully saturated rings. The SMILES string of the molecule is CCCCCC(=O)NC(CC)c1ccc(Cl)cc1. The van der Waals surface area contributed by atoms with Crippen molar-refractivity contribution < 1.29 is 4.79 Å². The van der Waals surface area contributed by atoms with Crippen LogP contribution in [0.25, 0.3) is 0 Å². The Balaban J connectivity index is 2.51. The van der Waals surface area contributed by atoms with Crippen LogP contribution in [-0.2, 0) is 4.79 Å². The van der Waals surface area contributed by atoms with Crippen molar-refractivity contribution in [2.24, 2.45) is 0 Å². The number of unbranched alkanes of at least 4 members (excludes halogenated alkanes) is 2. The molecule has 0 saturated heterocycles. The van der Waals surface area contributed by atoms with Crippen LogP contribution < -0.4 is 5.32 Å². The van der Waals surface area contributed by atoms with E-state index in [1.54, 1.807) is 0 Å². The minimum Gasteiger partial charge on any atom is -0.349 e. The molecule has 3 heteroatoms. The van der Waals surface area contributed by atoms with E-state index < -0.39 is 0 Å². The monoisotopic (exact) mass is 267 g/mol. The standard InChI is InChI=1S/C15H22ClNO/c1-3-5-6-7-15(18)17-14(4-2)12-8-10-13(16)11-9-12/h8-11,14H,3-7H2,1-2H3,(H,17,18). The van der Waals surface area contributed by atoms with E-state index in [-0.39, 0.29) is 11.9 Å². The van der Waals surface area contributed by atoms with Gasteiger partial charge < -0.3 is 5.32 Å². The third kappa shape index (κ3) is 5.09. The van der Waals surface area contributed by atoms with Crippen LogP contribution in [0.3, 0.4) is 0 Å². The Morgan fingerprint density at radius 3 is 2.44 bits per heavy atom. The Morgan fingerprint density at radius 1 is 1.22 bits per heavy atom. The van der Waals surface area contributed by atoms with Gasteiger partial charge in [-0.15, -0.1) is 0 Å². The highest BCUT2D eigenvalue weighted by atomic mass is 35.5. The molecule has 1 N–H and O–H groups in total. The number of carbonyl (C=O) groups is 1. The van der Waals surface area contributed by atoms with Crippen LogP contribution in [0, 0.1) is 0 Å². The number of rotatable bonds is 7. The second-order valence-electron chi connectivity index (χ2n) is 4.54. The molecule has 1 amide bonds. The van der Waals surface area contributed by atoms with Crippen molar-refractivity contribution in [1.29, 1.82) is 0 Å². The zero-order valence-corrected chi connectivity index (χ0v) is 12.0. The molecule has 100 valence electrons. The quantitative estimate of drug-likeness (QED) is 0.725. The van der Waals surface area contributed by atoms with Gasteiger partial charge in [0.15, 0.2) is 0 Å². The summed E-state index contributed by atoms with van der Waals surface area (Å²) in [5.41, 5.74) is 1.12. The van der Waals surface area contributed by atoms with Crippen LogP contribution >= 0.6 is 11.6 Å². The van der Waals surface area contributed by atoms with Crippen LogP contribution in [0.4, 0.5) is 0 Å². The van der Waals surface area contributed by atoms with E-state index in [0.717, 1.165) is 36.3 Å². The molecule has 0 bridgehead atoms. The van der Waals surface area contributed by atoms with E-state index in [2.05, 4.69) is 19.2 Å². The Labute approximate surface area is 115 Å². The van der Waals surface area contributed by atoms with Gasteiger partial charge in [-0.3, -0.25) is 4.79 Å². The van der Waals surface area contributed by atoms with Crippen LogP contribution in [0.2, 0.25) is 5.02 Å². The minimum absolute atomic E-state index is 0.0939. The average molecular weight is 268 g/mol. The summed E-state index contributed by atoms with van der Waals surface area (Å²) in [4.78, 5) is 11.8. The molecule has 0 aliphatic rings. The molecule has 0 radical (unpaired) electrons. The third-order valence-corrected chi connectivity index (χ3v) is 3.28.